The van der Waals surface area contributed by atoms with Crippen LogP contribution in [0.25, 0.3) is 5.69 Å². The first kappa shape index (κ1) is 20.3. The van der Waals surface area contributed by atoms with Crippen molar-refractivity contribution in [3.63, 3.8) is 0 Å². The van der Waals surface area contributed by atoms with Crippen molar-refractivity contribution in [3.8, 4) is 11.4 Å². The van der Waals surface area contributed by atoms with E-state index in [4.69, 9.17) is 12.2 Å². The van der Waals surface area contributed by atoms with E-state index in [9.17, 15) is 5.11 Å². The number of nitrogens with zero attached hydrogens (tertiary/aromatic N) is 3. The third-order valence-corrected chi connectivity index (χ3v) is 6.39. The largest absolute Gasteiger partial charge is 0.508 e. The molecule has 0 amide bonds. The molecule has 5 nitrogen and oxygen atoms in total. The molecule has 1 fully saturated rings. The van der Waals surface area contributed by atoms with Crippen molar-refractivity contribution in [1.29, 1.82) is 0 Å². The number of thiocarbonyl (C=S) groups is 1. The summed E-state index contributed by atoms with van der Waals surface area (Å²) < 4.78 is 2.14. The SMILES string of the molecule is Cc1ccc(N2C(=S)N[C@@H](c3ccccn3)[C@H]2c2cccn2-c2ccc(O)cc2)cc1C. The van der Waals surface area contributed by atoms with Crippen molar-refractivity contribution in [2.75, 3.05) is 4.90 Å². The molecule has 2 aromatic heterocycles. The molecule has 160 valence electrons. The van der Waals surface area contributed by atoms with E-state index in [1.165, 1.54) is 11.1 Å². The number of benzene rings is 2. The number of phenolic OH excluding ortho intramolecular Hbond substituents is 1. The Balaban J connectivity index is 1.67. The van der Waals surface area contributed by atoms with E-state index in [1.54, 1.807) is 12.1 Å². The van der Waals surface area contributed by atoms with Gasteiger partial charge in [-0.05, 0) is 97.9 Å². The average molecular weight is 441 g/mol. The number of hydrogen-bond acceptors (Lipinski definition) is 3. The van der Waals surface area contributed by atoms with E-state index in [1.807, 2.05) is 48.8 Å². The van der Waals surface area contributed by atoms with Gasteiger partial charge in [0.25, 0.3) is 0 Å². The number of aromatic nitrogens is 2. The van der Waals surface area contributed by atoms with Gasteiger partial charge in [-0.25, -0.2) is 0 Å². The number of nitrogens with one attached hydrogen (secondary N) is 1. The molecule has 1 aliphatic rings. The van der Waals surface area contributed by atoms with Gasteiger partial charge in [-0.1, -0.05) is 12.1 Å². The number of phenols is 1. The number of hydrogen-bond donors (Lipinski definition) is 2. The zero-order chi connectivity index (χ0) is 22.2. The number of aryl methyl sites for hydroxylation is 2. The lowest BCUT2D eigenvalue weighted by molar-refractivity contribution is 0.475. The Kier molecular flexibility index (Phi) is 5.15. The second-order valence-electron chi connectivity index (χ2n) is 8.08. The number of pyridine rings is 1. The normalized spacial score (nSPS) is 18.1. The summed E-state index contributed by atoms with van der Waals surface area (Å²) >= 11 is 5.85. The Morgan fingerprint density at radius 1 is 0.906 bits per heavy atom. The predicted octanol–water partition coefficient (Wildman–Crippen LogP) is 5.37. The molecule has 1 saturated heterocycles. The first-order valence-electron chi connectivity index (χ1n) is 10.6. The molecular weight excluding hydrogens is 416 g/mol. The minimum absolute atomic E-state index is 0.108. The first-order chi connectivity index (χ1) is 15.5. The van der Waals surface area contributed by atoms with Crippen LogP contribution in [0.5, 0.6) is 5.75 Å². The minimum Gasteiger partial charge on any atom is -0.508 e. The molecule has 6 heteroatoms. The van der Waals surface area contributed by atoms with Gasteiger partial charge in [0.15, 0.2) is 5.11 Å². The van der Waals surface area contributed by atoms with Crippen molar-refractivity contribution < 1.29 is 5.11 Å². The highest BCUT2D eigenvalue weighted by Gasteiger charge is 2.42. The van der Waals surface area contributed by atoms with Gasteiger partial charge in [0.05, 0.1) is 11.7 Å². The summed E-state index contributed by atoms with van der Waals surface area (Å²) in [5, 5.41) is 13.9. The van der Waals surface area contributed by atoms with Crippen molar-refractivity contribution in [2.24, 2.45) is 0 Å². The highest BCUT2D eigenvalue weighted by atomic mass is 32.1. The molecule has 1 aliphatic heterocycles. The Labute approximate surface area is 193 Å². The monoisotopic (exact) mass is 440 g/mol. The second kappa shape index (κ2) is 8.13. The Hall–Kier alpha value is -3.64. The van der Waals surface area contributed by atoms with Gasteiger partial charge in [-0.3, -0.25) is 4.98 Å². The summed E-state index contributed by atoms with van der Waals surface area (Å²) in [6.45, 7) is 4.24. The van der Waals surface area contributed by atoms with Crippen molar-refractivity contribution in [1.82, 2.24) is 14.9 Å². The fraction of sp³-hybridized carbons (Fsp3) is 0.154. The van der Waals surface area contributed by atoms with E-state index >= 15 is 0 Å². The molecule has 3 heterocycles. The summed E-state index contributed by atoms with van der Waals surface area (Å²) in [6.07, 6.45) is 3.85. The van der Waals surface area contributed by atoms with Crippen LogP contribution in [-0.2, 0) is 0 Å². The van der Waals surface area contributed by atoms with E-state index in [-0.39, 0.29) is 17.8 Å². The van der Waals surface area contributed by atoms with E-state index < -0.39 is 0 Å². The van der Waals surface area contributed by atoms with Crippen LogP contribution in [0.4, 0.5) is 5.69 Å². The summed E-state index contributed by atoms with van der Waals surface area (Å²) in [6, 6.07) is 23.6. The molecule has 4 aromatic rings. The first-order valence-corrected chi connectivity index (χ1v) is 11.0. The van der Waals surface area contributed by atoms with Crippen LogP contribution < -0.4 is 10.2 Å². The van der Waals surface area contributed by atoms with Crippen LogP contribution in [0, 0.1) is 13.8 Å². The predicted molar refractivity (Wildman–Crippen MR) is 131 cm³/mol. The molecule has 0 radical (unpaired) electrons. The molecule has 0 saturated carbocycles. The number of aromatic hydroxyl groups is 1. The molecule has 0 bridgehead atoms. The van der Waals surface area contributed by atoms with Crippen molar-refractivity contribution >= 4 is 23.0 Å². The molecule has 0 unspecified atom stereocenters. The fourth-order valence-corrected chi connectivity index (χ4v) is 4.64. The van der Waals surface area contributed by atoms with Gasteiger partial charge in [-0.15, -0.1) is 0 Å². The fourth-order valence-electron chi connectivity index (χ4n) is 4.29. The summed E-state index contributed by atoms with van der Waals surface area (Å²) in [4.78, 5) is 6.83. The highest BCUT2D eigenvalue weighted by Crippen LogP contribution is 2.42. The van der Waals surface area contributed by atoms with E-state index in [2.05, 4.69) is 57.9 Å². The van der Waals surface area contributed by atoms with Gasteiger partial charge in [0.2, 0.25) is 0 Å². The van der Waals surface area contributed by atoms with Crippen molar-refractivity contribution in [2.45, 2.75) is 25.9 Å². The van der Waals surface area contributed by atoms with Gasteiger partial charge in [-0.2, -0.15) is 0 Å². The molecular formula is C26H24N4OS. The maximum Gasteiger partial charge on any atom is 0.174 e. The third kappa shape index (κ3) is 3.52. The lowest BCUT2D eigenvalue weighted by Gasteiger charge is -2.29. The van der Waals surface area contributed by atoms with Gasteiger partial charge >= 0.3 is 0 Å². The number of anilines is 1. The Morgan fingerprint density at radius 2 is 1.69 bits per heavy atom. The summed E-state index contributed by atoms with van der Waals surface area (Å²) in [7, 11) is 0. The smallest absolute Gasteiger partial charge is 0.174 e. The van der Waals surface area contributed by atoms with E-state index in [0.717, 1.165) is 22.8 Å². The molecule has 2 atom stereocenters. The maximum atomic E-state index is 9.75. The van der Waals surface area contributed by atoms with E-state index in [0.29, 0.717) is 5.11 Å². The average Bonchev–Trinajstić information content (AvgIpc) is 3.41. The van der Waals surface area contributed by atoms with Gasteiger partial charge in [0.1, 0.15) is 11.8 Å². The van der Waals surface area contributed by atoms with Crippen LogP contribution in [0.15, 0.2) is 85.2 Å². The molecule has 2 aromatic carbocycles. The summed E-state index contributed by atoms with van der Waals surface area (Å²) in [5.41, 5.74) is 6.51. The zero-order valence-electron chi connectivity index (χ0n) is 17.9. The molecule has 2 N–H and O–H groups in total. The molecule has 32 heavy (non-hydrogen) atoms. The van der Waals surface area contributed by atoms with Gasteiger partial charge in [0, 0.05) is 29.5 Å². The van der Waals surface area contributed by atoms with Crippen LogP contribution in [0.1, 0.15) is 34.6 Å². The Morgan fingerprint density at radius 3 is 2.41 bits per heavy atom. The molecule has 0 spiro atoms. The lowest BCUT2D eigenvalue weighted by Crippen LogP contribution is -2.30. The molecule has 5 rings (SSSR count). The molecule has 0 aliphatic carbocycles. The summed E-state index contributed by atoms with van der Waals surface area (Å²) in [5.74, 6) is 0.245. The quantitative estimate of drug-likeness (QED) is 0.418. The second-order valence-corrected chi connectivity index (χ2v) is 8.47. The lowest BCUT2D eigenvalue weighted by atomic mass is 10.00. The third-order valence-electron chi connectivity index (χ3n) is 6.08. The topological polar surface area (TPSA) is 53.3 Å². The van der Waals surface area contributed by atoms with Gasteiger partial charge < -0.3 is 19.9 Å². The maximum absolute atomic E-state index is 9.75. The van der Waals surface area contributed by atoms with Crippen LogP contribution >= 0.6 is 12.2 Å². The van der Waals surface area contributed by atoms with Crippen molar-refractivity contribution in [3.05, 3.63) is 108 Å². The highest BCUT2D eigenvalue weighted by molar-refractivity contribution is 7.80. The standard InChI is InChI=1S/C26H24N4OS/c1-17-8-9-20(16-18(17)2)30-25(24(28-26(30)32)22-6-3-4-14-27-22)23-7-5-15-29(23)19-10-12-21(31)13-11-19/h3-16,24-25,31H,1-2H3,(H,28,32)/t24-,25+/m0/s1. The van der Waals surface area contributed by atoms with Crippen LogP contribution in [0.2, 0.25) is 0 Å². The Bertz CT molecular complexity index is 1270. The number of rotatable bonds is 4. The zero-order valence-corrected chi connectivity index (χ0v) is 18.8. The van der Waals surface area contributed by atoms with Crippen LogP contribution in [0.3, 0.4) is 0 Å². The minimum atomic E-state index is -0.115. The van der Waals surface area contributed by atoms with Crippen LogP contribution in [-0.4, -0.2) is 19.8 Å².